The average molecular weight is 197 g/mol. The molecule has 2 heterocycles. The summed E-state index contributed by atoms with van der Waals surface area (Å²) in [7, 11) is 0. The highest BCUT2D eigenvalue weighted by Crippen LogP contribution is 2.14. The third-order valence-corrected chi connectivity index (χ3v) is 2.28. The van der Waals surface area contributed by atoms with Crippen molar-refractivity contribution in [2.75, 3.05) is 0 Å². The smallest absolute Gasteiger partial charge is 0.198 e. The van der Waals surface area contributed by atoms with Gasteiger partial charge in [-0.3, -0.25) is 4.98 Å². The third-order valence-electron chi connectivity index (χ3n) is 2.28. The van der Waals surface area contributed by atoms with E-state index in [2.05, 4.69) is 27.1 Å². The van der Waals surface area contributed by atoms with Gasteiger partial charge in [0, 0.05) is 0 Å². The third kappa shape index (κ3) is 1.10. The molecule has 5 nitrogen and oxygen atoms in total. The van der Waals surface area contributed by atoms with E-state index in [1.165, 1.54) is 0 Å². The average Bonchev–Trinajstić information content (AvgIpc) is 2.76. The molecule has 0 amide bonds. The predicted molar refractivity (Wildman–Crippen MR) is 56.2 cm³/mol. The molecule has 0 atom stereocenters. The second-order valence-electron chi connectivity index (χ2n) is 3.16. The Hall–Kier alpha value is -2.30. The zero-order valence-corrected chi connectivity index (χ0v) is 7.83. The van der Waals surface area contributed by atoms with Gasteiger partial charge in [0.05, 0.1) is 17.2 Å². The van der Waals surface area contributed by atoms with Crippen LogP contribution in [-0.4, -0.2) is 25.0 Å². The van der Waals surface area contributed by atoms with Gasteiger partial charge in [0.2, 0.25) is 0 Å². The van der Waals surface area contributed by atoms with Crippen LogP contribution >= 0.6 is 0 Å². The molecule has 0 unspecified atom stereocenters. The molecule has 0 bridgehead atoms. The summed E-state index contributed by atoms with van der Waals surface area (Å²) in [5.41, 5.74) is 3.41. The molecule has 1 aromatic carbocycles. The van der Waals surface area contributed by atoms with Gasteiger partial charge in [0.25, 0.3) is 0 Å². The van der Waals surface area contributed by atoms with Gasteiger partial charge in [0.15, 0.2) is 5.65 Å². The molecular formula is C10H7N5. The van der Waals surface area contributed by atoms with Gasteiger partial charge < -0.3 is 0 Å². The van der Waals surface area contributed by atoms with E-state index >= 15 is 0 Å². The second-order valence-corrected chi connectivity index (χ2v) is 3.16. The summed E-state index contributed by atoms with van der Waals surface area (Å²) < 4.78 is 1.66. The number of nitrogens with zero attached hydrogens (tertiary/aromatic N) is 5. The van der Waals surface area contributed by atoms with Crippen LogP contribution in [0.3, 0.4) is 0 Å². The largest absolute Gasteiger partial charge is 0.251 e. The molecule has 0 radical (unpaired) electrons. The number of benzene rings is 1. The van der Waals surface area contributed by atoms with Crippen LogP contribution in [0.5, 0.6) is 0 Å². The lowest BCUT2D eigenvalue weighted by atomic mass is 10.2. The van der Waals surface area contributed by atoms with Gasteiger partial charge in [-0.05, 0) is 28.1 Å². The molecule has 72 valence electrons. The van der Waals surface area contributed by atoms with Gasteiger partial charge in [-0.2, -0.15) is 4.52 Å². The standard InChI is InChI=1S/C10H7N5/c1-2-7-3-4-8-9(5-7)15-10(6-11-8)12-13-14-15/h2-6H,1H2. The van der Waals surface area contributed by atoms with Crippen LogP contribution in [-0.2, 0) is 0 Å². The highest BCUT2D eigenvalue weighted by Gasteiger charge is 2.03. The van der Waals surface area contributed by atoms with Crippen molar-refractivity contribution in [2.45, 2.75) is 0 Å². The van der Waals surface area contributed by atoms with Crippen LogP contribution in [0.1, 0.15) is 5.56 Å². The van der Waals surface area contributed by atoms with Crippen molar-refractivity contribution in [1.29, 1.82) is 0 Å². The van der Waals surface area contributed by atoms with Crippen molar-refractivity contribution in [3.8, 4) is 0 Å². The Morgan fingerprint density at radius 1 is 1.33 bits per heavy atom. The number of tetrazole rings is 1. The van der Waals surface area contributed by atoms with Gasteiger partial charge in [-0.1, -0.05) is 18.7 Å². The first-order valence-electron chi connectivity index (χ1n) is 4.48. The van der Waals surface area contributed by atoms with Gasteiger partial charge in [0.1, 0.15) is 0 Å². The summed E-state index contributed by atoms with van der Waals surface area (Å²) in [6.07, 6.45) is 3.43. The normalized spacial score (nSPS) is 10.9. The summed E-state index contributed by atoms with van der Waals surface area (Å²) in [5.74, 6) is 0. The van der Waals surface area contributed by atoms with E-state index in [1.54, 1.807) is 16.8 Å². The fourth-order valence-electron chi connectivity index (χ4n) is 1.52. The first-order chi connectivity index (χ1) is 7.38. The lowest BCUT2D eigenvalue weighted by Gasteiger charge is -1.99. The SMILES string of the molecule is C=Cc1ccc2ncc3nnnn3c2c1. The Kier molecular flexibility index (Phi) is 1.53. The Labute approximate surface area is 85.1 Å². The predicted octanol–water partition coefficient (Wildman–Crippen LogP) is 1.32. The van der Waals surface area contributed by atoms with Crippen LogP contribution in [0.4, 0.5) is 0 Å². The molecule has 0 aliphatic carbocycles. The van der Waals surface area contributed by atoms with E-state index < -0.39 is 0 Å². The first-order valence-corrected chi connectivity index (χ1v) is 4.48. The van der Waals surface area contributed by atoms with Crippen LogP contribution in [0.15, 0.2) is 31.0 Å². The van der Waals surface area contributed by atoms with Crippen LogP contribution in [0.2, 0.25) is 0 Å². The molecule has 0 spiro atoms. The molecule has 0 saturated carbocycles. The number of rotatable bonds is 1. The maximum Gasteiger partial charge on any atom is 0.198 e. The van der Waals surface area contributed by atoms with E-state index in [9.17, 15) is 0 Å². The van der Waals surface area contributed by atoms with E-state index in [4.69, 9.17) is 0 Å². The van der Waals surface area contributed by atoms with Gasteiger partial charge in [-0.15, -0.1) is 5.10 Å². The molecule has 0 aliphatic heterocycles. The lowest BCUT2D eigenvalue weighted by Crippen LogP contribution is -1.93. The van der Waals surface area contributed by atoms with Crippen LogP contribution in [0.25, 0.3) is 22.8 Å². The van der Waals surface area contributed by atoms with Gasteiger partial charge >= 0.3 is 0 Å². The maximum atomic E-state index is 4.26. The Morgan fingerprint density at radius 3 is 3.13 bits per heavy atom. The van der Waals surface area contributed by atoms with Crippen molar-refractivity contribution in [1.82, 2.24) is 25.0 Å². The molecular weight excluding hydrogens is 190 g/mol. The zero-order valence-electron chi connectivity index (χ0n) is 7.83. The van der Waals surface area contributed by atoms with Crippen LogP contribution in [0, 0.1) is 0 Å². The molecule has 0 aliphatic rings. The first kappa shape index (κ1) is 8.05. The zero-order chi connectivity index (χ0) is 10.3. The summed E-state index contributed by atoms with van der Waals surface area (Å²) in [5, 5.41) is 11.3. The van der Waals surface area contributed by atoms with E-state index in [1.807, 2.05) is 18.2 Å². The van der Waals surface area contributed by atoms with Crippen molar-refractivity contribution < 1.29 is 0 Å². The fraction of sp³-hybridized carbons (Fsp3) is 0. The van der Waals surface area contributed by atoms with E-state index in [-0.39, 0.29) is 0 Å². The lowest BCUT2D eigenvalue weighted by molar-refractivity contribution is 0.840. The van der Waals surface area contributed by atoms with Gasteiger partial charge in [-0.25, -0.2) is 0 Å². The fourth-order valence-corrected chi connectivity index (χ4v) is 1.52. The summed E-state index contributed by atoms with van der Waals surface area (Å²) in [6.45, 7) is 3.72. The molecule has 2 aromatic heterocycles. The topological polar surface area (TPSA) is 56.0 Å². The maximum absolute atomic E-state index is 4.26. The minimum Gasteiger partial charge on any atom is -0.251 e. The molecule has 3 rings (SSSR count). The quantitative estimate of drug-likeness (QED) is 0.590. The summed E-state index contributed by atoms with van der Waals surface area (Å²) in [6, 6.07) is 5.84. The number of aromatic nitrogens is 5. The molecule has 3 aromatic rings. The molecule has 0 saturated heterocycles. The molecule has 0 N–H and O–H groups in total. The molecule has 0 fully saturated rings. The Bertz CT molecular complexity index is 655. The monoisotopic (exact) mass is 197 g/mol. The number of fused-ring (bicyclic) bond motifs is 3. The number of hydrogen-bond donors (Lipinski definition) is 0. The van der Waals surface area contributed by atoms with Crippen molar-refractivity contribution >= 4 is 22.8 Å². The van der Waals surface area contributed by atoms with Crippen molar-refractivity contribution in [3.05, 3.63) is 36.5 Å². The second kappa shape index (κ2) is 2.84. The highest BCUT2D eigenvalue weighted by molar-refractivity contribution is 5.79. The summed E-state index contributed by atoms with van der Waals surface area (Å²) in [4.78, 5) is 4.26. The molecule has 15 heavy (non-hydrogen) atoms. The highest BCUT2D eigenvalue weighted by atomic mass is 15.5. The van der Waals surface area contributed by atoms with E-state index in [0.717, 1.165) is 16.6 Å². The molecule has 5 heteroatoms. The Balaban J connectivity index is 2.53. The summed E-state index contributed by atoms with van der Waals surface area (Å²) >= 11 is 0. The minimum atomic E-state index is 0.642. The van der Waals surface area contributed by atoms with Crippen LogP contribution < -0.4 is 0 Å². The van der Waals surface area contributed by atoms with Crippen molar-refractivity contribution in [2.24, 2.45) is 0 Å². The van der Waals surface area contributed by atoms with Crippen molar-refractivity contribution in [3.63, 3.8) is 0 Å². The minimum absolute atomic E-state index is 0.642. The Morgan fingerprint density at radius 2 is 2.27 bits per heavy atom. The van der Waals surface area contributed by atoms with E-state index in [0.29, 0.717) is 5.65 Å². The number of hydrogen-bond acceptors (Lipinski definition) is 4.